The number of ether oxygens (including phenoxy) is 3. The average Bonchev–Trinajstić information content (AvgIpc) is 3.98. The Morgan fingerprint density at radius 2 is 1.64 bits per heavy atom. The maximum absolute atomic E-state index is 14.3. The van der Waals surface area contributed by atoms with Crippen LogP contribution in [0.2, 0.25) is 0 Å². The van der Waals surface area contributed by atoms with Gasteiger partial charge in [0, 0.05) is 38.5 Å². The number of nitrogens with zero attached hydrogens (tertiary/aromatic N) is 6. The van der Waals surface area contributed by atoms with Gasteiger partial charge in [-0.05, 0) is 62.3 Å². The van der Waals surface area contributed by atoms with Gasteiger partial charge in [-0.2, -0.15) is 5.10 Å². The van der Waals surface area contributed by atoms with Crippen molar-refractivity contribution in [3.05, 3.63) is 58.3 Å². The highest BCUT2D eigenvalue weighted by Gasteiger charge is 2.37. The largest absolute Gasteiger partial charge is 0.493 e. The fourth-order valence-electron chi connectivity index (χ4n) is 8.05. The smallest absolute Gasteiger partial charge is 0.259 e. The van der Waals surface area contributed by atoms with Crippen LogP contribution in [0.25, 0.3) is 0 Å². The molecule has 1 saturated carbocycles. The van der Waals surface area contributed by atoms with Gasteiger partial charge in [-0.1, -0.05) is 39.2 Å². The third kappa shape index (κ3) is 9.94. The van der Waals surface area contributed by atoms with Gasteiger partial charge in [-0.15, -0.1) is 0 Å². The summed E-state index contributed by atoms with van der Waals surface area (Å²) in [6, 6.07) is 5.74. The van der Waals surface area contributed by atoms with E-state index in [-0.39, 0.29) is 73.7 Å². The van der Waals surface area contributed by atoms with Gasteiger partial charge < -0.3 is 40.0 Å². The second kappa shape index (κ2) is 19.3. The molecule has 17 heteroatoms. The number of carbonyl (C=O) groups excluding carboxylic acids is 5. The third-order valence-electron chi connectivity index (χ3n) is 11.5. The lowest BCUT2D eigenvalue weighted by atomic mass is 9.97. The summed E-state index contributed by atoms with van der Waals surface area (Å²) < 4.78 is 17.9. The molecule has 3 N–H and O–H groups in total. The topological polar surface area (TPSA) is 199 Å². The molecule has 0 unspecified atom stereocenters. The minimum absolute atomic E-state index is 0.0541. The van der Waals surface area contributed by atoms with Crippen LogP contribution in [0.5, 0.6) is 17.4 Å². The number of nitrogens with one attached hydrogen (secondary N) is 3. The number of aromatic nitrogens is 4. The van der Waals surface area contributed by atoms with Crippen LogP contribution in [-0.2, 0) is 33.9 Å². The van der Waals surface area contributed by atoms with Crippen LogP contribution in [0.1, 0.15) is 122 Å². The monoisotopic (exact) mass is 815 g/mol. The predicted molar refractivity (Wildman–Crippen MR) is 216 cm³/mol. The SMILES string of the molecule is CC[C@H](C)[C@@H]1NC(=O)CCCN(C(=O)c2cc3c(nc2OC)CN(C2CCCC2)C3=O)CCCNC(=O)Cn2nc(Cc3ccc(OC)c(OC)c3)nc2[C@@H](C)NC1=O. The highest BCUT2D eigenvalue weighted by Crippen LogP contribution is 2.34. The average molecular weight is 816 g/mol. The summed E-state index contributed by atoms with van der Waals surface area (Å²) in [6.45, 7) is 6.49. The molecule has 5 amide bonds. The summed E-state index contributed by atoms with van der Waals surface area (Å²) >= 11 is 0. The van der Waals surface area contributed by atoms with Crippen molar-refractivity contribution in [2.45, 2.75) is 110 Å². The van der Waals surface area contributed by atoms with E-state index in [2.05, 4.69) is 26.0 Å². The zero-order chi connectivity index (χ0) is 42.2. The Morgan fingerprint density at radius 1 is 0.898 bits per heavy atom. The lowest BCUT2D eigenvalue weighted by Gasteiger charge is -2.26. The zero-order valence-electron chi connectivity index (χ0n) is 35.0. The maximum Gasteiger partial charge on any atom is 0.259 e. The highest BCUT2D eigenvalue weighted by molar-refractivity contribution is 6.03. The van der Waals surface area contributed by atoms with Crippen molar-refractivity contribution < 1.29 is 38.2 Å². The van der Waals surface area contributed by atoms with Crippen molar-refractivity contribution in [3.63, 3.8) is 0 Å². The van der Waals surface area contributed by atoms with E-state index in [1.165, 1.54) is 11.8 Å². The van der Waals surface area contributed by atoms with Crippen LogP contribution in [0.3, 0.4) is 0 Å². The minimum atomic E-state index is -0.847. The van der Waals surface area contributed by atoms with E-state index < -0.39 is 23.9 Å². The van der Waals surface area contributed by atoms with Crippen molar-refractivity contribution in [1.29, 1.82) is 0 Å². The molecule has 1 fully saturated rings. The maximum atomic E-state index is 14.3. The van der Waals surface area contributed by atoms with Crippen LogP contribution in [0.4, 0.5) is 0 Å². The Bertz CT molecular complexity index is 2030. The first-order valence-corrected chi connectivity index (χ1v) is 20.6. The molecule has 3 aromatic rings. The van der Waals surface area contributed by atoms with E-state index in [1.54, 1.807) is 38.2 Å². The molecule has 3 aliphatic rings. The molecule has 17 nitrogen and oxygen atoms in total. The van der Waals surface area contributed by atoms with E-state index in [9.17, 15) is 24.0 Å². The first kappa shape index (κ1) is 42.9. The predicted octanol–water partition coefficient (Wildman–Crippen LogP) is 3.34. The number of pyridine rings is 1. The van der Waals surface area contributed by atoms with Crippen molar-refractivity contribution in [3.8, 4) is 17.4 Å². The van der Waals surface area contributed by atoms with Crippen LogP contribution < -0.4 is 30.2 Å². The lowest BCUT2D eigenvalue weighted by molar-refractivity contribution is -0.130. The number of rotatable bonds is 9. The van der Waals surface area contributed by atoms with E-state index in [0.717, 1.165) is 31.2 Å². The van der Waals surface area contributed by atoms with Gasteiger partial charge in [0.15, 0.2) is 17.3 Å². The van der Waals surface area contributed by atoms with Crippen LogP contribution >= 0.6 is 0 Å². The quantitative estimate of drug-likeness (QED) is 0.286. The highest BCUT2D eigenvalue weighted by atomic mass is 16.5. The van der Waals surface area contributed by atoms with Crippen LogP contribution in [-0.4, -0.2) is 112 Å². The summed E-state index contributed by atoms with van der Waals surface area (Å²) in [6.07, 6.45) is 5.74. The molecular weight excluding hydrogens is 759 g/mol. The normalized spacial score (nSPS) is 20.4. The molecule has 59 heavy (non-hydrogen) atoms. The van der Waals surface area contributed by atoms with E-state index in [4.69, 9.17) is 19.2 Å². The van der Waals surface area contributed by atoms with Gasteiger partial charge in [-0.3, -0.25) is 24.0 Å². The molecule has 2 aliphatic heterocycles. The van der Waals surface area contributed by atoms with Gasteiger partial charge in [0.25, 0.3) is 11.8 Å². The Hall–Kier alpha value is -5.74. The molecule has 0 bridgehead atoms. The number of fused-ring (bicyclic) bond motifs is 2. The molecule has 6 rings (SSSR count). The van der Waals surface area contributed by atoms with Crippen molar-refractivity contribution in [2.24, 2.45) is 5.92 Å². The molecule has 3 atom stereocenters. The minimum Gasteiger partial charge on any atom is -0.493 e. The van der Waals surface area contributed by atoms with Crippen LogP contribution in [0, 0.1) is 5.92 Å². The number of amides is 5. The molecular formula is C42H57N9O8. The molecule has 1 aromatic carbocycles. The standard InChI is InChI=1S/C42H57N9O8/c1-7-25(2)37-39(54)44-26(3)38-46-34(21-27-15-16-32(57-4)33(20-27)58-5)48-51(38)24-36(53)43-17-11-19-49(18-10-14-35(52)47-37)41(55)30-22-29-31(45-40(30)59-6)23-50(42(29)56)28-12-8-9-13-28/h15-16,20,22,25-26,28,37H,7-14,17-19,21,23-24H2,1-6H3,(H,43,53)(H,44,54)(H,47,52)/t25-,26+,37-/m0/s1. The molecule has 2 aromatic heterocycles. The van der Waals surface area contributed by atoms with Gasteiger partial charge in [-0.25, -0.2) is 14.6 Å². The van der Waals surface area contributed by atoms with E-state index in [0.29, 0.717) is 66.6 Å². The summed E-state index contributed by atoms with van der Waals surface area (Å²) in [5.41, 5.74) is 2.00. The second-order valence-corrected chi connectivity index (χ2v) is 15.6. The first-order valence-electron chi connectivity index (χ1n) is 20.6. The number of carbonyl (C=O) groups is 5. The molecule has 0 saturated heterocycles. The van der Waals surface area contributed by atoms with Gasteiger partial charge in [0.2, 0.25) is 23.6 Å². The fraction of sp³-hybridized carbons (Fsp3) is 0.571. The van der Waals surface area contributed by atoms with Crippen molar-refractivity contribution >= 4 is 29.5 Å². The number of benzene rings is 1. The van der Waals surface area contributed by atoms with Gasteiger partial charge in [0.1, 0.15) is 24.0 Å². The summed E-state index contributed by atoms with van der Waals surface area (Å²) in [4.78, 5) is 81.4. The molecule has 4 heterocycles. The number of hydrogen-bond donors (Lipinski definition) is 3. The molecule has 0 radical (unpaired) electrons. The van der Waals surface area contributed by atoms with Crippen molar-refractivity contribution in [1.82, 2.24) is 45.5 Å². The molecule has 318 valence electrons. The van der Waals surface area contributed by atoms with E-state index in [1.807, 2.05) is 30.9 Å². The Labute approximate surface area is 344 Å². The zero-order valence-corrected chi connectivity index (χ0v) is 35.0. The second-order valence-electron chi connectivity index (χ2n) is 15.6. The van der Waals surface area contributed by atoms with Crippen molar-refractivity contribution in [2.75, 3.05) is 41.0 Å². The summed E-state index contributed by atoms with van der Waals surface area (Å²) in [5.74, 6) is 0.286. The number of hydrogen-bond acceptors (Lipinski definition) is 11. The molecule has 1 aliphatic carbocycles. The lowest BCUT2D eigenvalue weighted by Crippen LogP contribution is -2.51. The Balaban J connectivity index is 1.24. The summed E-state index contributed by atoms with van der Waals surface area (Å²) in [5, 5.41) is 13.5. The third-order valence-corrected chi connectivity index (χ3v) is 11.5. The number of methoxy groups -OCH3 is 3. The Kier molecular flexibility index (Phi) is 14.0. The van der Waals surface area contributed by atoms with E-state index >= 15 is 0 Å². The Morgan fingerprint density at radius 3 is 2.36 bits per heavy atom. The summed E-state index contributed by atoms with van der Waals surface area (Å²) in [7, 11) is 4.56. The van der Waals surface area contributed by atoms with Crippen LogP contribution in [0.15, 0.2) is 24.3 Å². The van der Waals surface area contributed by atoms with Gasteiger partial charge >= 0.3 is 0 Å². The molecule has 0 spiro atoms. The fourth-order valence-corrected chi connectivity index (χ4v) is 8.05. The first-order chi connectivity index (χ1) is 28.4. The van der Waals surface area contributed by atoms with Gasteiger partial charge in [0.05, 0.1) is 45.2 Å².